The Morgan fingerprint density at radius 3 is 2.08 bits per heavy atom. The third-order valence-electron chi connectivity index (χ3n) is 9.34. The average molecular weight is 527 g/mol. The van der Waals surface area contributed by atoms with Crippen LogP contribution in [0.25, 0.3) is 0 Å². The van der Waals surface area contributed by atoms with Crippen molar-refractivity contribution in [3.05, 3.63) is 11.1 Å². The Kier molecular flexibility index (Phi) is 6.61. The number of aliphatic hydroxyl groups is 4. The van der Waals surface area contributed by atoms with Crippen LogP contribution in [-0.2, 0) is 33.3 Å². The van der Waals surface area contributed by atoms with Gasteiger partial charge in [0.05, 0.1) is 35.7 Å². The van der Waals surface area contributed by atoms with E-state index < -0.39 is 82.5 Å². The van der Waals surface area contributed by atoms with E-state index in [1.165, 1.54) is 34.6 Å². The molecule has 0 amide bonds. The third kappa shape index (κ3) is 3.69. The van der Waals surface area contributed by atoms with Crippen LogP contribution < -0.4 is 0 Å². The number of carbonyl (C=O) groups excluding carboxylic acids is 3. The molecular weight excluding hydrogens is 488 g/mol. The summed E-state index contributed by atoms with van der Waals surface area (Å²) >= 11 is 0. The second kappa shape index (κ2) is 8.74. The quantitative estimate of drug-likeness (QED) is 0.223. The van der Waals surface area contributed by atoms with Crippen molar-refractivity contribution in [1.82, 2.24) is 0 Å². The zero-order valence-corrected chi connectivity index (χ0v) is 22.3. The zero-order chi connectivity index (χ0) is 27.9. The summed E-state index contributed by atoms with van der Waals surface area (Å²) in [5, 5.41) is 46.3. The van der Waals surface area contributed by atoms with Crippen molar-refractivity contribution in [1.29, 1.82) is 0 Å². The van der Waals surface area contributed by atoms with E-state index in [0.717, 1.165) is 0 Å². The lowest BCUT2D eigenvalue weighted by Gasteiger charge is -2.65. The van der Waals surface area contributed by atoms with Crippen LogP contribution in [0.5, 0.6) is 0 Å². The van der Waals surface area contributed by atoms with Crippen LogP contribution in [-0.4, -0.2) is 92.8 Å². The van der Waals surface area contributed by atoms with Crippen molar-refractivity contribution >= 4 is 17.9 Å². The molecule has 1 saturated heterocycles. The van der Waals surface area contributed by atoms with Crippen molar-refractivity contribution in [3.63, 3.8) is 0 Å². The van der Waals surface area contributed by atoms with Crippen LogP contribution in [0.2, 0.25) is 0 Å². The Bertz CT molecular complexity index is 1030. The molecule has 4 aliphatic rings. The number of fused-ring (bicyclic) bond motifs is 4. The Morgan fingerprint density at radius 1 is 1.03 bits per heavy atom. The molecule has 0 bridgehead atoms. The van der Waals surface area contributed by atoms with Crippen molar-refractivity contribution in [2.75, 3.05) is 6.61 Å². The Labute approximate surface area is 215 Å². The summed E-state index contributed by atoms with van der Waals surface area (Å²) in [5.74, 6) is -3.11. The summed E-state index contributed by atoms with van der Waals surface area (Å²) in [5.41, 5.74) is -5.80. The molecule has 0 spiro atoms. The number of aliphatic hydroxyl groups excluding tert-OH is 3. The van der Waals surface area contributed by atoms with Crippen LogP contribution in [0.4, 0.5) is 0 Å². The zero-order valence-electron chi connectivity index (χ0n) is 22.3. The average Bonchev–Trinajstić information content (AvgIpc) is 2.99. The summed E-state index contributed by atoms with van der Waals surface area (Å²) in [6.45, 7) is 9.68. The third-order valence-corrected chi connectivity index (χ3v) is 9.34. The van der Waals surface area contributed by atoms with Crippen molar-refractivity contribution in [2.24, 2.45) is 16.7 Å². The molecule has 3 fully saturated rings. The van der Waals surface area contributed by atoms with Gasteiger partial charge >= 0.3 is 17.9 Å². The van der Waals surface area contributed by atoms with Crippen LogP contribution in [0.1, 0.15) is 61.3 Å². The van der Waals surface area contributed by atoms with Gasteiger partial charge < -0.3 is 39.4 Å². The predicted octanol–water partition coefficient (Wildman–Crippen LogP) is 0.151. The largest absolute Gasteiger partial charge is 0.462 e. The first-order valence-corrected chi connectivity index (χ1v) is 12.6. The number of hydrogen-bond donors (Lipinski definition) is 4. The number of carbonyl (C=O) groups is 3. The molecule has 11 nitrogen and oxygen atoms in total. The van der Waals surface area contributed by atoms with Crippen molar-refractivity contribution in [2.45, 2.75) is 109 Å². The van der Waals surface area contributed by atoms with Gasteiger partial charge in [-0.3, -0.25) is 14.4 Å². The molecule has 10 atom stereocenters. The Hall–Kier alpha value is -2.05. The molecule has 37 heavy (non-hydrogen) atoms. The maximum atomic E-state index is 12.6. The number of esters is 3. The van der Waals surface area contributed by atoms with E-state index >= 15 is 0 Å². The van der Waals surface area contributed by atoms with Crippen LogP contribution in [0, 0.1) is 16.7 Å². The Morgan fingerprint density at radius 2 is 1.62 bits per heavy atom. The van der Waals surface area contributed by atoms with E-state index in [2.05, 4.69) is 0 Å². The summed E-state index contributed by atoms with van der Waals surface area (Å²) in [7, 11) is 0. The normalized spacial score (nSPS) is 45.0. The molecule has 4 rings (SSSR count). The van der Waals surface area contributed by atoms with E-state index in [9.17, 15) is 34.8 Å². The SMILES string of the molecule is CC(=O)O[C@@H]1[C@H]2[C@@]3(OC(C)=O)CO[C@H]3C[C@@H](OC(C)=O)[C@]2(C)[C@H](O)[C@@H](O)C2=C(C)[C@H](O)C[C@@]21C(C)(C)O. The topological polar surface area (TPSA) is 169 Å². The molecule has 0 radical (unpaired) electrons. The molecule has 4 N–H and O–H groups in total. The minimum Gasteiger partial charge on any atom is -0.462 e. The predicted molar refractivity (Wildman–Crippen MR) is 126 cm³/mol. The summed E-state index contributed by atoms with van der Waals surface area (Å²) in [4.78, 5) is 37.2. The lowest BCUT2D eigenvalue weighted by Crippen LogP contribution is -2.79. The highest BCUT2D eigenvalue weighted by atomic mass is 16.6. The minimum atomic E-state index is -1.71. The van der Waals surface area contributed by atoms with Crippen LogP contribution in [0.3, 0.4) is 0 Å². The highest BCUT2D eigenvalue weighted by molar-refractivity contribution is 5.68. The molecule has 1 heterocycles. The highest BCUT2D eigenvalue weighted by Crippen LogP contribution is 2.68. The standard InChI is InChI=1S/C26H38O11/c1-11-15(30)9-25(23(5,6)33)18(11)19(31)21(32)24(7)16(35-12(2)27)8-17-26(10-34-17,37-14(4)29)20(24)22(25)36-13(3)28/h15-17,19-22,30-33H,8-10H2,1-7H3/t15-,16-,17+,19+,20-,21-,22-,24+,25-,26-/m1/s1. The molecule has 2 saturated carbocycles. The second-order valence-electron chi connectivity index (χ2n) is 11.8. The van der Waals surface area contributed by atoms with Gasteiger partial charge in [0.2, 0.25) is 0 Å². The van der Waals surface area contributed by atoms with Gasteiger partial charge in [-0.15, -0.1) is 0 Å². The van der Waals surface area contributed by atoms with Gasteiger partial charge in [-0.05, 0) is 38.3 Å². The van der Waals surface area contributed by atoms with Crippen molar-refractivity contribution < 1.29 is 53.8 Å². The maximum absolute atomic E-state index is 12.6. The van der Waals surface area contributed by atoms with Gasteiger partial charge in [-0.2, -0.15) is 0 Å². The molecular formula is C26H38O11. The number of ether oxygens (including phenoxy) is 4. The van der Waals surface area contributed by atoms with Crippen molar-refractivity contribution in [3.8, 4) is 0 Å². The van der Waals surface area contributed by atoms with Gasteiger partial charge in [0.25, 0.3) is 0 Å². The fourth-order valence-corrected chi connectivity index (χ4v) is 7.78. The molecule has 0 aromatic carbocycles. The van der Waals surface area contributed by atoms with E-state index in [1.807, 2.05) is 0 Å². The van der Waals surface area contributed by atoms with Gasteiger partial charge in [-0.25, -0.2) is 0 Å². The molecule has 0 aromatic heterocycles. The molecule has 208 valence electrons. The number of hydrogen-bond acceptors (Lipinski definition) is 11. The van der Waals surface area contributed by atoms with Crippen LogP contribution in [0.15, 0.2) is 11.1 Å². The molecule has 11 heteroatoms. The molecule has 1 aliphatic heterocycles. The van der Waals surface area contributed by atoms with E-state index in [-0.39, 0.29) is 25.0 Å². The lowest BCUT2D eigenvalue weighted by molar-refractivity contribution is -0.352. The highest BCUT2D eigenvalue weighted by Gasteiger charge is 2.79. The van der Waals surface area contributed by atoms with Gasteiger partial charge in [-0.1, -0.05) is 6.92 Å². The fraction of sp³-hybridized carbons (Fsp3) is 0.808. The van der Waals surface area contributed by atoms with E-state index in [4.69, 9.17) is 18.9 Å². The monoisotopic (exact) mass is 526 g/mol. The number of rotatable bonds is 4. The second-order valence-corrected chi connectivity index (χ2v) is 11.8. The molecule has 0 aromatic rings. The first kappa shape index (κ1) is 28.0. The Balaban J connectivity index is 2.12. The van der Waals surface area contributed by atoms with Crippen LogP contribution >= 0.6 is 0 Å². The first-order valence-electron chi connectivity index (χ1n) is 12.6. The van der Waals surface area contributed by atoms with Gasteiger partial charge in [0.1, 0.15) is 24.4 Å². The maximum Gasteiger partial charge on any atom is 0.303 e. The summed E-state index contributed by atoms with van der Waals surface area (Å²) in [6.07, 6.45) is -7.61. The molecule has 0 unspecified atom stereocenters. The minimum absolute atomic E-state index is 0.0482. The van der Waals surface area contributed by atoms with Gasteiger partial charge in [0.15, 0.2) is 5.60 Å². The summed E-state index contributed by atoms with van der Waals surface area (Å²) < 4.78 is 23.4. The first-order chi connectivity index (χ1) is 16.9. The lowest BCUT2D eigenvalue weighted by atomic mass is 9.49. The fourth-order valence-electron chi connectivity index (χ4n) is 7.78. The molecule has 3 aliphatic carbocycles. The summed E-state index contributed by atoms with van der Waals surface area (Å²) in [6, 6.07) is 0. The van der Waals surface area contributed by atoms with Gasteiger partial charge in [0, 0.05) is 32.6 Å². The van der Waals surface area contributed by atoms with E-state index in [0.29, 0.717) is 5.57 Å². The smallest absolute Gasteiger partial charge is 0.303 e. The van der Waals surface area contributed by atoms with E-state index in [1.54, 1.807) is 13.8 Å².